The van der Waals surface area contributed by atoms with E-state index in [0.717, 1.165) is 19.5 Å². The third-order valence-electron chi connectivity index (χ3n) is 1.95. The van der Waals surface area contributed by atoms with Crippen molar-refractivity contribution in [3.8, 4) is 0 Å². The van der Waals surface area contributed by atoms with Crippen LogP contribution in [0.25, 0.3) is 0 Å². The third kappa shape index (κ3) is 4.63. The zero-order valence-electron chi connectivity index (χ0n) is 8.48. The van der Waals surface area contributed by atoms with Gasteiger partial charge in [0.25, 0.3) is 0 Å². The molecule has 1 aliphatic rings. The van der Waals surface area contributed by atoms with Crippen molar-refractivity contribution in [3.63, 3.8) is 0 Å². The summed E-state index contributed by atoms with van der Waals surface area (Å²) in [6.07, 6.45) is 11.6. The average Bonchev–Trinajstić information content (AvgIpc) is 2.55. The SMILES string of the molecule is CN(C)CCCN=CC1C=CC=C1. The van der Waals surface area contributed by atoms with Crippen LogP contribution in [-0.4, -0.2) is 38.3 Å². The van der Waals surface area contributed by atoms with Gasteiger partial charge in [0.1, 0.15) is 0 Å². The first-order valence-corrected chi connectivity index (χ1v) is 4.79. The molecule has 0 radical (unpaired) electrons. The molecule has 0 bridgehead atoms. The summed E-state index contributed by atoms with van der Waals surface area (Å²) in [5.74, 6) is 0.444. The summed E-state index contributed by atoms with van der Waals surface area (Å²) >= 11 is 0. The van der Waals surface area contributed by atoms with Crippen LogP contribution in [0.15, 0.2) is 29.3 Å². The van der Waals surface area contributed by atoms with E-state index in [2.05, 4.69) is 48.3 Å². The molecular weight excluding hydrogens is 160 g/mol. The molecule has 0 aromatic rings. The van der Waals surface area contributed by atoms with Crippen LogP contribution in [0.4, 0.5) is 0 Å². The van der Waals surface area contributed by atoms with Crippen LogP contribution in [0.1, 0.15) is 6.42 Å². The van der Waals surface area contributed by atoms with Gasteiger partial charge in [-0.05, 0) is 27.1 Å². The molecule has 0 saturated heterocycles. The number of hydrogen-bond acceptors (Lipinski definition) is 2. The Morgan fingerprint density at radius 2 is 2.00 bits per heavy atom. The molecule has 0 amide bonds. The van der Waals surface area contributed by atoms with E-state index >= 15 is 0 Å². The first kappa shape index (κ1) is 10.2. The molecule has 0 heterocycles. The van der Waals surface area contributed by atoms with Crippen LogP contribution >= 0.6 is 0 Å². The Morgan fingerprint density at radius 1 is 1.31 bits per heavy atom. The fourth-order valence-electron chi connectivity index (χ4n) is 1.22. The van der Waals surface area contributed by atoms with Crippen LogP contribution in [0.3, 0.4) is 0 Å². The Labute approximate surface area is 80.7 Å². The predicted octanol–water partition coefficient (Wildman–Crippen LogP) is 1.75. The fourth-order valence-corrected chi connectivity index (χ4v) is 1.22. The van der Waals surface area contributed by atoms with Crippen molar-refractivity contribution >= 4 is 6.21 Å². The number of aliphatic imine (C=N–C) groups is 1. The molecule has 2 heteroatoms. The Kier molecular flexibility index (Phi) is 4.47. The van der Waals surface area contributed by atoms with Gasteiger partial charge in [0.15, 0.2) is 0 Å². The van der Waals surface area contributed by atoms with E-state index in [1.165, 1.54) is 0 Å². The summed E-state index contributed by atoms with van der Waals surface area (Å²) in [6, 6.07) is 0. The largest absolute Gasteiger partial charge is 0.309 e. The zero-order valence-corrected chi connectivity index (χ0v) is 8.48. The molecule has 0 saturated carbocycles. The second-order valence-corrected chi connectivity index (χ2v) is 3.56. The zero-order chi connectivity index (χ0) is 9.52. The molecule has 0 atom stereocenters. The van der Waals surface area contributed by atoms with Crippen molar-refractivity contribution in [2.45, 2.75) is 6.42 Å². The van der Waals surface area contributed by atoms with Gasteiger partial charge in [-0.2, -0.15) is 0 Å². The van der Waals surface area contributed by atoms with Crippen molar-refractivity contribution in [1.29, 1.82) is 0 Å². The Morgan fingerprint density at radius 3 is 2.62 bits per heavy atom. The standard InChI is InChI=1S/C11H18N2/c1-13(2)9-5-8-12-10-11-6-3-4-7-11/h3-4,6-7,10-11H,5,8-9H2,1-2H3. The first-order valence-electron chi connectivity index (χ1n) is 4.79. The van der Waals surface area contributed by atoms with E-state index < -0.39 is 0 Å². The fraction of sp³-hybridized carbons (Fsp3) is 0.545. The highest BCUT2D eigenvalue weighted by molar-refractivity contribution is 5.67. The van der Waals surface area contributed by atoms with Crippen molar-refractivity contribution in [3.05, 3.63) is 24.3 Å². The second kappa shape index (κ2) is 5.70. The van der Waals surface area contributed by atoms with Gasteiger partial charge in [0.2, 0.25) is 0 Å². The van der Waals surface area contributed by atoms with Crippen molar-refractivity contribution < 1.29 is 0 Å². The average molecular weight is 178 g/mol. The molecule has 1 rings (SSSR count). The van der Waals surface area contributed by atoms with Crippen LogP contribution in [0.5, 0.6) is 0 Å². The van der Waals surface area contributed by atoms with E-state index in [-0.39, 0.29) is 0 Å². The van der Waals surface area contributed by atoms with Crippen LogP contribution in [0.2, 0.25) is 0 Å². The van der Waals surface area contributed by atoms with Gasteiger partial charge in [-0.25, -0.2) is 0 Å². The number of hydrogen-bond donors (Lipinski definition) is 0. The molecule has 0 unspecified atom stereocenters. The molecule has 2 nitrogen and oxygen atoms in total. The topological polar surface area (TPSA) is 15.6 Å². The lowest BCUT2D eigenvalue weighted by Gasteiger charge is -2.06. The molecule has 0 N–H and O–H groups in total. The van der Waals surface area contributed by atoms with Crippen LogP contribution in [0, 0.1) is 5.92 Å². The van der Waals surface area contributed by atoms with Crippen LogP contribution in [-0.2, 0) is 0 Å². The highest BCUT2D eigenvalue weighted by Gasteiger charge is 1.97. The molecule has 13 heavy (non-hydrogen) atoms. The van der Waals surface area contributed by atoms with E-state index in [1.807, 2.05) is 6.21 Å². The van der Waals surface area contributed by atoms with Gasteiger partial charge in [-0.15, -0.1) is 0 Å². The number of rotatable bonds is 5. The molecule has 0 spiro atoms. The third-order valence-corrected chi connectivity index (χ3v) is 1.95. The molecule has 0 fully saturated rings. The van der Waals surface area contributed by atoms with E-state index in [0.29, 0.717) is 5.92 Å². The van der Waals surface area contributed by atoms with E-state index in [4.69, 9.17) is 0 Å². The van der Waals surface area contributed by atoms with Gasteiger partial charge >= 0.3 is 0 Å². The smallest absolute Gasteiger partial charge is 0.0397 e. The summed E-state index contributed by atoms with van der Waals surface area (Å²) in [6.45, 7) is 2.06. The summed E-state index contributed by atoms with van der Waals surface area (Å²) in [7, 11) is 4.18. The Hall–Kier alpha value is -0.890. The minimum Gasteiger partial charge on any atom is -0.309 e. The van der Waals surface area contributed by atoms with Crippen molar-refractivity contribution in [2.24, 2.45) is 10.9 Å². The Balaban J connectivity index is 2.05. The monoisotopic (exact) mass is 178 g/mol. The molecule has 0 aliphatic heterocycles. The molecular formula is C11H18N2. The predicted molar refractivity (Wildman–Crippen MR) is 58.3 cm³/mol. The van der Waals surface area contributed by atoms with Gasteiger partial charge in [-0.3, -0.25) is 4.99 Å². The summed E-state index contributed by atoms with van der Waals surface area (Å²) in [4.78, 5) is 6.56. The molecule has 72 valence electrons. The lowest BCUT2D eigenvalue weighted by Crippen LogP contribution is -2.13. The van der Waals surface area contributed by atoms with Gasteiger partial charge in [-0.1, -0.05) is 24.3 Å². The normalized spacial score (nSPS) is 16.8. The van der Waals surface area contributed by atoms with Crippen molar-refractivity contribution in [2.75, 3.05) is 27.2 Å². The summed E-state index contributed by atoms with van der Waals surface area (Å²) in [5, 5.41) is 0. The maximum absolute atomic E-state index is 4.37. The molecule has 1 aliphatic carbocycles. The highest BCUT2D eigenvalue weighted by Crippen LogP contribution is 2.05. The van der Waals surface area contributed by atoms with E-state index in [1.54, 1.807) is 0 Å². The maximum atomic E-state index is 4.37. The molecule has 0 aromatic heterocycles. The number of nitrogens with zero attached hydrogens (tertiary/aromatic N) is 2. The van der Waals surface area contributed by atoms with Gasteiger partial charge in [0.05, 0.1) is 0 Å². The maximum Gasteiger partial charge on any atom is 0.0397 e. The molecule has 0 aromatic carbocycles. The minimum atomic E-state index is 0.444. The van der Waals surface area contributed by atoms with Gasteiger partial charge < -0.3 is 4.90 Å². The Bertz CT molecular complexity index is 202. The first-order chi connectivity index (χ1) is 6.29. The summed E-state index contributed by atoms with van der Waals surface area (Å²) in [5.41, 5.74) is 0. The lowest BCUT2D eigenvalue weighted by atomic mass is 10.2. The highest BCUT2D eigenvalue weighted by atomic mass is 15.0. The lowest BCUT2D eigenvalue weighted by molar-refractivity contribution is 0.403. The van der Waals surface area contributed by atoms with Crippen LogP contribution < -0.4 is 0 Å². The van der Waals surface area contributed by atoms with Crippen molar-refractivity contribution in [1.82, 2.24) is 4.90 Å². The quantitative estimate of drug-likeness (QED) is 0.462. The number of allylic oxidation sites excluding steroid dienone is 4. The second-order valence-electron chi connectivity index (χ2n) is 3.56. The van der Waals surface area contributed by atoms with E-state index in [9.17, 15) is 0 Å². The van der Waals surface area contributed by atoms with Gasteiger partial charge in [0, 0.05) is 18.7 Å². The summed E-state index contributed by atoms with van der Waals surface area (Å²) < 4.78 is 0. The minimum absolute atomic E-state index is 0.444.